The van der Waals surface area contributed by atoms with E-state index in [2.05, 4.69) is 40.9 Å². The number of aromatic nitrogens is 5. The first-order valence-electron chi connectivity index (χ1n) is 9.09. The Morgan fingerprint density at radius 1 is 1.24 bits per heavy atom. The minimum atomic E-state index is -0.708. The maximum absolute atomic E-state index is 12.6. The molecule has 1 aliphatic rings. The highest BCUT2D eigenvalue weighted by atomic mass is 32.1. The van der Waals surface area contributed by atoms with E-state index in [9.17, 15) is 4.79 Å². The number of methoxy groups -OCH3 is 1. The fourth-order valence-electron chi connectivity index (χ4n) is 3.17. The number of carbonyl (C=O) groups excluding carboxylic acids is 1. The highest BCUT2D eigenvalue weighted by Crippen LogP contribution is 2.26. The summed E-state index contributed by atoms with van der Waals surface area (Å²) in [7, 11) is 1.50. The maximum atomic E-state index is 12.6. The van der Waals surface area contributed by atoms with Gasteiger partial charge in [0.1, 0.15) is 6.33 Å². The number of hydrogen-bond acceptors (Lipinski definition) is 10. The van der Waals surface area contributed by atoms with Gasteiger partial charge in [-0.15, -0.1) is 20.4 Å². The molecule has 0 radical (unpaired) electrons. The van der Waals surface area contributed by atoms with Crippen LogP contribution in [0.4, 0.5) is 16.1 Å². The third kappa shape index (κ3) is 4.63. The average Bonchev–Trinajstić information content (AvgIpc) is 3.40. The van der Waals surface area contributed by atoms with E-state index < -0.39 is 6.10 Å². The Hall–Kier alpha value is -3.18. The van der Waals surface area contributed by atoms with Gasteiger partial charge in [-0.25, -0.2) is 4.98 Å². The molecule has 0 saturated carbocycles. The number of nitrogens with zero attached hydrogens (tertiary/aromatic N) is 6. The van der Waals surface area contributed by atoms with Crippen LogP contribution in [0.25, 0.3) is 0 Å². The molecule has 4 rings (SSSR count). The Morgan fingerprint density at radius 2 is 2.07 bits per heavy atom. The molecule has 11 heteroatoms. The number of amides is 1. The van der Waals surface area contributed by atoms with Gasteiger partial charge in [0.2, 0.25) is 10.3 Å². The third-order valence-electron chi connectivity index (χ3n) is 4.54. The second kappa shape index (κ2) is 8.88. The molecule has 1 aliphatic heterocycles. The van der Waals surface area contributed by atoms with Crippen LogP contribution in [0.3, 0.4) is 0 Å². The predicted octanol–water partition coefficient (Wildman–Crippen LogP) is 1.74. The van der Waals surface area contributed by atoms with E-state index in [4.69, 9.17) is 4.74 Å². The van der Waals surface area contributed by atoms with Gasteiger partial charge in [0.05, 0.1) is 6.20 Å². The van der Waals surface area contributed by atoms with E-state index in [0.29, 0.717) is 10.3 Å². The van der Waals surface area contributed by atoms with Crippen LogP contribution in [0.5, 0.6) is 0 Å². The number of hydrogen-bond donors (Lipinski definition) is 2. The number of benzene rings is 1. The molecular weight excluding hydrogens is 392 g/mol. The summed E-state index contributed by atoms with van der Waals surface area (Å²) in [4.78, 5) is 18.7. The van der Waals surface area contributed by atoms with Crippen LogP contribution >= 0.6 is 11.3 Å². The Kier molecular flexibility index (Phi) is 5.86. The summed E-state index contributed by atoms with van der Waals surface area (Å²) in [6.45, 7) is 1.62. The first kappa shape index (κ1) is 19.2. The summed E-state index contributed by atoms with van der Waals surface area (Å²) >= 11 is 1.29. The Balaban J connectivity index is 1.33. The number of anilines is 3. The number of nitrogens with one attached hydrogen (secondary N) is 2. The van der Waals surface area contributed by atoms with E-state index in [1.807, 2.05) is 30.3 Å². The predicted molar refractivity (Wildman–Crippen MR) is 109 cm³/mol. The van der Waals surface area contributed by atoms with Crippen LogP contribution < -0.4 is 15.5 Å². The highest BCUT2D eigenvalue weighted by Gasteiger charge is 2.25. The van der Waals surface area contributed by atoms with Gasteiger partial charge in [-0.2, -0.15) is 0 Å². The lowest BCUT2D eigenvalue weighted by molar-refractivity contribution is -0.126. The van der Waals surface area contributed by atoms with Crippen LogP contribution in [0.2, 0.25) is 0 Å². The minimum Gasteiger partial charge on any atom is -0.367 e. The van der Waals surface area contributed by atoms with Gasteiger partial charge in [0.15, 0.2) is 11.9 Å². The summed E-state index contributed by atoms with van der Waals surface area (Å²) in [6.07, 6.45) is 3.34. The normalized spacial score (nSPS) is 17.1. The Bertz CT molecular complexity index is 939. The first-order valence-corrected chi connectivity index (χ1v) is 9.91. The van der Waals surface area contributed by atoms with Crippen molar-refractivity contribution in [2.45, 2.75) is 18.6 Å². The van der Waals surface area contributed by atoms with E-state index in [0.717, 1.165) is 30.9 Å². The molecule has 1 fully saturated rings. The fraction of sp³-hybridized carbons (Fsp3) is 0.333. The molecule has 3 heterocycles. The lowest BCUT2D eigenvalue weighted by Gasteiger charge is -2.16. The molecule has 1 saturated heterocycles. The third-order valence-corrected chi connectivity index (χ3v) is 5.31. The van der Waals surface area contributed by atoms with Crippen LogP contribution in [-0.2, 0) is 9.53 Å². The van der Waals surface area contributed by atoms with Crippen molar-refractivity contribution < 1.29 is 9.53 Å². The van der Waals surface area contributed by atoms with Gasteiger partial charge in [-0.3, -0.25) is 10.1 Å². The van der Waals surface area contributed by atoms with Crippen LogP contribution in [0, 0.1) is 0 Å². The van der Waals surface area contributed by atoms with Gasteiger partial charge < -0.3 is 15.0 Å². The molecule has 0 aliphatic carbocycles. The summed E-state index contributed by atoms with van der Waals surface area (Å²) in [5.41, 5.74) is 0.778. The molecule has 2 aromatic heterocycles. The summed E-state index contributed by atoms with van der Waals surface area (Å²) in [5, 5.41) is 23.3. The smallest absolute Gasteiger partial charge is 0.259 e. The van der Waals surface area contributed by atoms with Gasteiger partial charge in [0.25, 0.3) is 5.91 Å². The standard InChI is InChI=1S/C18H20N8O2S/c1-28-15(12-5-3-2-4-6-12)16(27)22-18-25-24-17(29-18)21-13-7-8-26(10-13)14-9-19-11-20-23-14/h2-6,9,11,13,15H,7-8,10H2,1H3,(H,21,24)(H,22,25,27)/t13-,15?/m1/s1. The molecule has 1 unspecified atom stereocenters. The Labute approximate surface area is 171 Å². The topological polar surface area (TPSA) is 118 Å². The summed E-state index contributed by atoms with van der Waals surface area (Å²) < 4.78 is 5.35. The van der Waals surface area contributed by atoms with Crippen molar-refractivity contribution >= 4 is 33.3 Å². The molecule has 150 valence electrons. The number of carbonyl (C=O) groups is 1. The number of ether oxygens (including phenoxy) is 1. The molecule has 1 aromatic carbocycles. The average molecular weight is 412 g/mol. The van der Waals surface area contributed by atoms with Gasteiger partial charge in [-0.1, -0.05) is 41.7 Å². The largest absolute Gasteiger partial charge is 0.367 e. The zero-order valence-corrected chi connectivity index (χ0v) is 16.5. The monoisotopic (exact) mass is 412 g/mol. The second-order valence-corrected chi connectivity index (χ2v) is 7.45. The summed E-state index contributed by atoms with van der Waals surface area (Å²) in [6, 6.07) is 9.51. The van der Waals surface area contributed by atoms with Crippen molar-refractivity contribution in [1.29, 1.82) is 0 Å². The van der Waals surface area contributed by atoms with Gasteiger partial charge in [-0.05, 0) is 12.0 Å². The van der Waals surface area contributed by atoms with Gasteiger partial charge >= 0.3 is 0 Å². The first-order chi connectivity index (χ1) is 14.2. The van der Waals surface area contributed by atoms with Crippen molar-refractivity contribution in [3.63, 3.8) is 0 Å². The molecular formula is C18H20N8O2S. The molecule has 2 atom stereocenters. The summed E-state index contributed by atoms with van der Waals surface area (Å²) in [5.74, 6) is 0.470. The molecule has 3 aromatic rings. The molecule has 0 bridgehead atoms. The van der Waals surface area contributed by atoms with E-state index in [1.54, 1.807) is 6.20 Å². The zero-order chi connectivity index (χ0) is 20.1. The SMILES string of the molecule is COC(C(=O)Nc1nnc(N[C@@H]2CCN(c3cncnn3)C2)s1)c1ccccc1. The van der Waals surface area contributed by atoms with Crippen molar-refractivity contribution in [3.05, 3.63) is 48.4 Å². The lowest BCUT2D eigenvalue weighted by atomic mass is 10.1. The van der Waals surface area contributed by atoms with Crippen molar-refractivity contribution in [2.24, 2.45) is 0 Å². The molecule has 2 N–H and O–H groups in total. The quantitative estimate of drug-likeness (QED) is 0.598. The molecule has 0 spiro atoms. The van der Waals surface area contributed by atoms with Crippen LogP contribution in [0.1, 0.15) is 18.1 Å². The van der Waals surface area contributed by atoms with Crippen LogP contribution in [0.15, 0.2) is 42.9 Å². The minimum absolute atomic E-state index is 0.199. The number of rotatable bonds is 7. The van der Waals surface area contributed by atoms with Crippen LogP contribution in [-0.4, -0.2) is 57.5 Å². The van der Waals surface area contributed by atoms with Crippen molar-refractivity contribution in [1.82, 2.24) is 25.4 Å². The van der Waals surface area contributed by atoms with E-state index in [-0.39, 0.29) is 11.9 Å². The van der Waals surface area contributed by atoms with Crippen molar-refractivity contribution in [3.8, 4) is 0 Å². The van der Waals surface area contributed by atoms with Gasteiger partial charge in [0, 0.05) is 26.2 Å². The van der Waals surface area contributed by atoms with E-state index >= 15 is 0 Å². The molecule has 1 amide bonds. The van der Waals surface area contributed by atoms with E-state index in [1.165, 1.54) is 24.8 Å². The lowest BCUT2D eigenvalue weighted by Crippen LogP contribution is -2.26. The fourth-order valence-corrected chi connectivity index (χ4v) is 3.90. The molecule has 29 heavy (non-hydrogen) atoms. The van der Waals surface area contributed by atoms with Crippen molar-refractivity contribution in [2.75, 3.05) is 35.7 Å². The maximum Gasteiger partial charge on any atom is 0.259 e. The zero-order valence-electron chi connectivity index (χ0n) is 15.7. The molecule has 10 nitrogen and oxygen atoms in total. The highest BCUT2D eigenvalue weighted by molar-refractivity contribution is 7.19. The Morgan fingerprint density at radius 3 is 2.83 bits per heavy atom. The second-order valence-electron chi connectivity index (χ2n) is 6.47.